The lowest BCUT2D eigenvalue weighted by atomic mass is 10.1. The minimum absolute atomic E-state index is 0.124. The fraction of sp³-hybridized carbons (Fsp3) is 0.455. The molecule has 0 aliphatic carbocycles. The molecule has 3 heteroatoms. The first kappa shape index (κ1) is 9.49. The Morgan fingerprint density at radius 1 is 1.29 bits per heavy atom. The van der Waals surface area contributed by atoms with E-state index in [4.69, 9.17) is 15.2 Å². The quantitative estimate of drug-likeness (QED) is 0.780. The van der Waals surface area contributed by atoms with Gasteiger partial charge in [-0.25, -0.2) is 0 Å². The van der Waals surface area contributed by atoms with Gasteiger partial charge in [-0.3, -0.25) is 0 Å². The second kappa shape index (κ2) is 4.44. The highest BCUT2D eigenvalue weighted by atomic mass is 16.5. The molecule has 1 aliphatic heterocycles. The molecule has 14 heavy (non-hydrogen) atoms. The summed E-state index contributed by atoms with van der Waals surface area (Å²) in [6.07, 6.45) is 0. The molecular formula is C11H15NO2. The van der Waals surface area contributed by atoms with Crippen LogP contribution in [0.25, 0.3) is 0 Å². The largest absolute Gasteiger partial charge is 0.493 e. The summed E-state index contributed by atoms with van der Waals surface area (Å²) < 4.78 is 10.9. The van der Waals surface area contributed by atoms with Crippen molar-refractivity contribution in [3.63, 3.8) is 0 Å². The van der Waals surface area contributed by atoms with Crippen molar-refractivity contribution in [2.75, 3.05) is 19.8 Å². The van der Waals surface area contributed by atoms with Crippen LogP contribution in [0.2, 0.25) is 0 Å². The Balaban J connectivity index is 1.82. The molecule has 1 aromatic rings. The summed E-state index contributed by atoms with van der Waals surface area (Å²) in [5.74, 6) is 1.22. The summed E-state index contributed by atoms with van der Waals surface area (Å²) in [6, 6.07) is 9.90. The topological polar surface area (TPSA) is 44.5 Å². The molecule has 0 aromatic heterocycles. The van der Waals surface area contributed by atoms with Gasteiger partial charge in [0, 0.05) is 12.0 Å². The van der Waals surface area contributed by atoms with Crippen molar-refractivity contribution < 1.29 is 9.47 Å². The zero-order chi connectivity index (χ0) is 9.80. The Morgan fingerprint density at radius 3 is 2.71 bits per heavy atom. The van der Waals surface area contributed by atoms with Gasteiger partial charge in [0.15, 0.2) is 0 Å². The molecule has 0 saturated carbocycles. The van der Waals surface area contributed by atoms with Crippen LogP contribution in [0.4, 0.5) is 0 Å². The van der Waals surface area contributed by atoms with E-state index in [-0.39, 0.29) is 6.04 Å². The Hall–Kier alpha value is -1.06. The van der Waals surface area contributed by atoms with E-state index in [0.29, 0.717) is 25.7 Å². The van der Waals surface area contributed by atoms with Gasteiger partial charge >= 0.3 is 0 Å². The van der Waals surface area contributed by atoms with E-state index in [2.05, 4.69) is 0 Å². The summed E-state index contributed by atoms with van der Waals surface area (Å²) in [5, 5.41) is 0. The second-order valence-corrected chi connectivity index (χ2v) is 3.59. The van der Waals surface area contributed by atoms with Crippen LogP contribution >= 0.6 is 0 Å². The van der Waals surface area contributed by atoms with Crippen molar-refractivity contribution in [1.29, 1.82) is 0 Å². The van der Waals surface area contributed by atoms with Crippen molar-refractivity contribution >= 4 is 0 Å². The minimum atomic E-state index is 0.124. The maximum atomic E-state index is 5.84. The number of hydrogen-bond acceptors (Lipinski definition) is 3. The number of benzene rings is 1. The fourth-order valence-electron chi connectivity index (χ4n) is 1.51. The van der Waals surface area contributed by atoms with Crippen LogP contribution in [0.5, 0.6) is 5.75 Å². The zero-order valence-electron chi connectivity index (χ0n) is 8.06. The Morgan fingerprint density at radius 2 is 2.07 bits per heavy atom. The van der Waals surface area contributed by atoms with E-state index >= 15 is 0 Å². The average Bonchev–Trinajstić information content (AvgIpc) is 2.63. The smallest absolute Gasteiger partial charge is 0.119 e. The van der Waals surface area contributed by atoms with Gasteiger partial charge in [0.1, 0.15) is 5.75 Å². The second-order valence-electron chi connectivity index (χ2n) is 3.59. The molecule has 0 bridgehead atoms. The van der Waals surface area contributed by atoms with Gasteiger partial charge in [0.2, 0.25) is 0 Å². The Kier molecular flexibility index (Phi) is 3.01. The third-order valence-electron chi connectivity index (χ3n) is 2.46. The van der Waals surface area contributed by atoms with Gasteiger partial charge in [0.25, 0.3) is 0 Å². The van der Waals surface area contributed by atoms with Gasteiger partial charge in [-0.15, -0.1) is 0 Å². The number of para-hydroxylation sites is 1. The van der Waals surface area contributed by atoms with Crippen LogP contribution in [0, 0.1) is 5.92 Å². The van der Waals surface area contributed by atoms with Crippen LogP contribution in [0.3, 0.4) is 0 Å². The molecule has 1 saturated heterocycles. The average molecular weight is 193 g/mol. The van der Waals surface area contributed by atoms with Crippen molar-refractivity contribution in [1.82, 2.24) is 0 Å². The third kappa shape index (κ3) is 2.25. The predicted molar refractivity (Wildman–Crippen MR) is 54.2 cm³/mol. The van der Waals surface area contributed by atoms with E-state index < -0.39 is 0 Å². The molecule has 2 N–H and O–H groups in total. The molecule has 1 aliphatic rings. The highest BCUT2D eigenvalue weighted by Gasteiger charge is 2.25. The zero-order valence-corrected chi connectivity index (χ0v) is 8.06. The summed E-state index contributed by atoms with van der Waals surface area (Å²) in [7, 11) is 0. The van der Waals surface area contributed by atoms with Gasteiger partial charge < -0.3 is 15.2 Å². The molecule has 2 atom stereocenters. The number of nitrogens with two attached hydrogens (primary N) is 1. The number of hydrogen-bond donors (Lipinski definition) is 1. The third-order valence-corrected chi connectivity index (χ3v) is 2.46. The molecule has 76 valence electrons. The van der Waals surface area contributed by atoms with Crippen molar-refractivity contribution in [2.24, 2.45) is 11.7 Å². The molecule has 2 rings (SSSR count). The maximum Gasteiger partial charge on any atom is 0.119 e. The van der Waals surface area contributed by atoms with Crippen LogP contribution < -0.4 is 10.5 Å². The molecule has 0 amide bonds. The lowest BCUT2D eigenvalue weighted by Gasteiger charge is -2.13. The molecule has 0 radical (unpaired) electrons. The van der Waals surface area contributed by atoms with Gasteiger partial charge in [-0.2, -0.15) is 0 Å². The normalized spacial score (nSPS) is 26.4. The molecule has 2 unspecified atom stereocenters. The summed E-state index contributed by atoms with van der Waals surface area (Å²) >= 11 is 0. The lowest BCUT2D eigenvalue weighted by Crippen LogP contribution is -2.32. The van der Waals surface area contributed by atoms with Crippen LogP contribution in [-0.4, -0.2) is 25.9 Å². The summed E-state index contributed by atoms with van der Waals surface area (Å²) in [5.41, 5.74) is 5.84. The molecule has 1 fully saturated rings. The van der Waals surface area contributed by atoms with E-state index in [1.165, 1.54) is 0 Å². The number of rotatable bonds is 3. The molecule has 3 nitrogen and oxygen atoms in total. The van der Waals surface area contributed by atoms with E-state index in [9.17, 15) is 0 Å². The van der Waals surface area contributed by atoms with Gasteiger partial charge in [0.05, 0.1) is 19.8 Å². The SMILES string of the molecule is NC1COCC1COc1ccccc1. The monoisotopic (exact) mass is 193 g/mol. The Bertz CT molecular complexity index is 276. The highest BCUT2D eigenvalue weighted by molar-refractivity contribution is 5.20. The first-order valence-corrected chi connectivity index (χ1v) is 4.87. The summed E-state index contributed by atoms with van der Waals surface area (Å²) in [6.45, 7) is 2.02. The van der Waals surface area contributed by atoms with E-state index in [1.54, 1.807) is 0 Å². The predicted octanol–water partition coefficient (Wildman–Crippen LogP) is 1.04. The highest BCUT2D eigenvalue weighted by Crippen LogP contribution is 2.15. The van der Waals surface area contributed by atoms with Crippen molar-refractivity contribution in [3.05, 3.63) is 30.3 Å². The molecular weight excluding hydrogens is 178 g/mol. The fourth-order valence-corrected chi connectivity index (χ4v) is 1.51. The van der Waals surface area contributed by atoms with Crippen molar-refractivity contribution in [3.8, 4) is 5.75 Å². The standard InChI is InChI=1S/C11H15NO2/c12-11-8-13-6-9(11)7-14-10-4-2-1-3-5-10/h1-5,9,11H,6-8,12H2. The van der Waals surface area contributed by atoms with Crippen LogP contribution in [-0.2, 0) is 4.74 Å². The minimum Gasteiger partial charge on any atom is -0.493 e. The van der Waals surface area contributed by atoms with E-state index in [0.717, 1.165) is 5.75 Å². The van der Waals surface area contributed by atoms with Crippen LogP contribution in [0.1, 0.15) is 0 Å². The van der Waals surface area contributed by atoms with Crippen LogP contribution in [0.15, 0.2) is 30.3 Å². The number of ether oxygens (including phenoxy) is 2. The molecule has 0 spiro atoms. The van der Waals surface area contributed by atoms with Crippen molar-refractivity contribution in [2.45, 2.75) is 6.04 Å². The van der Waals surface area contributed by atoms with E-state index in [1.807, 2.05) is 30.3 Å². The first-order chi connectivity index (χ1) is 6.86. The molecule has 1 aromatic carbocycles. The van der Waals surface area contributed by atoms with Gasteiger partial charge in [-0.1, -0.05) is 18.2 Å². The molecule has 1 heterocycles. The Labute approximate surface area is 83.8 Å². The maximum absolute atomic E-state index is 5.84. The first-order valence-electron chi connectivity index (χ1n) is 4.87. The lowest BCUT2D eigenvalue weighted by molar-refractivity contribution is 0.167. The summed E-state index contributed by atoms with van der Waals surface area (Å²) in [4.78, 5) is 0. The van der Waals surface area contributed by atoms with Gasteiger partial charge in [-0.05, 0) is 12.1 Å².